The van der Waals surface area contributed by atoms with Gasteiger partial charge in [0.25, 0.3) is 11.8 Å². The van der Waals surface area contributed by atoms with Crippen LogP contribution in [-0.4, -0.2) is 49.2 Å². The molecule has 1 unspecified atom stereocenters. The Balaban J connectivity index is 1.46. The van der Waals surface area contributed by atoms with E-state index >= 15 is 0 Å². The largest absolute Gasteiger partial charge is 0.331 e. The number of hydrogen-bond donors (Lipinski definition) is 1. The summed E-state index contributed by atoms with van der Waals surface area (Å²) in [5.41, 5.74) is 4.09. The number of piperidine rings is 1. The Morgan fingerprint density at radius 2 is 1.94 bits per heavy atom. The van der Waals surface area contributed by atoms with E-state index in [2.05, 4.69) is 31.5 Å². The van der Waals surface area contributed by atoms with Crippen LogP contribution in [0.2, 0.25) is 0 Å². The number of carbonyl (C=O) groups excluding carboxylic acids is 2. The Morgan fingerprint density at radius 1 is 1.11 bits per heavy atom. The molecule has 0 aliphatic carbocycles. The first-order valence-corrected chi connectivity index (χ1v) is 11.9. The van der Waals surface area contributed by atoms with Gasteiger partial charge < -0.3 is 10.2 Å². The predicted octanol–water partition coefficient (Wildman–Crippen LogP) is 4.08. The van der Waals surface area contributed by atoms with E-state index in [1.54, 1.807) is 37.4 Å². The predicted molar refractivity (Wildman–Crippen MR) is 137 cm³/mol. The quantitative estimate of drug-likeness (QED) is 0.446. The van der Waals surface area contributed by atoms with Gasteiger partial charge in [0.15, 0.2) is 0 Å². The van der Waals surface area contributed by atoms with Crippen LogP contribution in [-0.2, 0) is 4.79 Å². The second kappa shape index (κ2) is 10.0. The number of aryl methyl sites for hydroxylation is 1. The van der Waals surface area contributed by atoms with Crippen molar-refractivity contribution in [3.63, 3.8) is 0 Å². The maximum atomic E-state index is 12.6. The molecule has 2 amide bonds. The second-order valence-corrected chi connectivity index (χ2v) is 8.80. The number of nitrogens with one attached hydrogen (secondary N) is 1. The summed E-state index contributed by atoms with van der Waals surface area (Å²) in [4.78, 5) is 40.5. The van der Waals surface area contributed by atoms with Gasteiger partial charge in [-0.05, 0) is 56.9 Å². The lowest BCUT2D eigenvalue weighted by atomic mass is 9.97. The van der Waals surface area contributed by atoms with Crippen molar-refractivity contribution in [3.05, 3.63) is 78.1 Å². The molecule has 0 saturated carbocycles. The lowest BCUT2D eigenvalue weighted by Gasteiger charge is -2.31. The fraction of sp³-hybridized carbons (Fsp3) is 0.250. The highest BCUT2D eigenvalue weighted by atomic mass is 16.2. The third-order valence-corrected chi connectivity index (χ3v) is 6.38. The van der Waals surface area contributed by atoms with Crippen LogP contribution < -0.4 is 5.32 Å². The molecule has 0 radical (unpaired) electrons. The number of nitrogens with zero attached hydrogens (tertiary/aromatic N) is 5. The molecule has 0 spiro atoms. The van der Waals surface area contributed by atoms with Crippen molar-refractivity contribution >= 4 is 23.1 Å². The summed E-state index contributed by atoms with van der Waals surface area (Å²) in [6.45, 7) is 4.98. The Morgan fingerprint density at radius 3 is 2.69 bits per heavy atom. The van der Waals surface area contributed by atoms with Crippen molar-refractivity contribution in [1.29, 1.82) is 0 Å². The zero-order valence-electron chi connectivity index (χ0n) is 20.2. The lowest BCUT2D eigenvalue weighted by Crippen LogP contribution is -2.39. The molecule has 1 N–H and O–H groups in total. The molecule has 4 heterocycles. The number of imidazole rings is 1. The van der Waals surface area contributed by atoms with Gasteiger partial charge in [-0.1, -0.05) is 24.1 Å². The van der Waals surface area contributed by atoms with E-state index < -0.39 is 0 Å². The normalized spacial score (nSPS) is 15.3. The average Bonchev–Trinajstić information content (AvgIpc) is 3.31. The van der Waals surface area contributed by atoms with Crippen molar-refractivity contribution < 1.29 is 9.59 Å². The maximum absolute atomic E-state index is 12.6. The van der Waals surface area contributed by atoms with Gasteiger partial charge in [-0.15, -0.1) is 0 Å². The van der Waals surface area contributed by atoms with Gasteiger partial charge in [0.05, 0.1) is 17.4 Å². The number of amides is 2. The number of anilines is 1. The molecule has 5 rings (SSSR count). The molecular formula is C28H26N6O2. The number of fused-ring (bicyclic) bond motifs is 1. The number of likely N-dealkylation sites (tertiary alicyclic amines) is 1. The topological polar surface area (TPSA) is 92.5 Å². The van der Waals surface area contributed by atoms with E-state index in [1.165, 1.54) is 0 Å². The zero-order chi connectivity index (χ0) is 25.1. The number of benzene rings is 1. The van der Waals surface area contributed by atoms with Gasteiger partial charge >= 0.3 is 0 Å². The minimum absolute atomic E-state index is 0.0899. The van der Waals surface area contributed by atoms with Gasteiger partial charge in [-0.25, -0.2) is 9.97 Å². The number of aromatic nitrogens is 4. The highest BCUT2D eigenvalue weighted by Gasteiger charge is 2.28. The maximum Gasteiger partial charge on any atom is 0.298 e. The molecule has 0 bridgehead atoms. The molecule has 4 aromatic rings. The van der Waals surface area contributed by atoms with Gasteiger partial charge in [0.1, 0.15) is 11.6 Å². The third-order valence-electron chi connectivity index (χ3n) is 6.38. The number of pyridine rings is 1. The summed E-state index contributed by atoms with van der Waals surface area (Å²) in [5.74, 6) is 6.51. The van der Waals surface area contributed by atoms with Crippen LogP contribution in [0.4, 0.5) is 5.82 Å². The zero-order valence-corrected chi connectivity index (χ0v) is 20.2. The van der Waals surface area contributed by atoms with Crippen molar-refractivity contribution in [3.8, 4) is 23.1 Å². The fourth-order valence-corrected chi connectivity index (χ4v) is 4.66. The minimum atomic E-state index is -0.227. The summed E-state index contributed by atoms with van der Waals surface area (Å²) in [7, 11) is 0. The molecule has 8 nitrogen and oxygen atoms in total. The first-order chi connectivity index (χ1) is 17.5. The molecule has 1 fully saturated rings. The summed E-state index contributed by atoms with van der Waals surface area (Å²) < 4.78 is 2.13. The minimum Gasteiger partial charge on any atom is -0.331 e. The number of hydrogen-bond acceptors (Lipinski definition) is 5. The Kier molecular flexibility index (Phi) is 6.46. The smallest absolute Gasteiger partial charge is 0.298 e. The van der Waals surface area contributed by atoms with Crippen LogP contribution in [0.25, 0.3) is 16.8 Å². The molecule has 36 heavy (non-hydrogen) atoms. The van der Waals surface area contributed by atoms with Crippen molar-refractivity contribution in [1.82, 2.24) is 24.3 Å². The van der Waals surface area contributed by atoms with Gasteiger partial charge in [-0.3, -0.25) is 19.0 Å². The van der Waals surface area contributed by atoms with E-state index in [-0.39, 0.29) is 17.7 Å². The standard InChI is InChI=1S/C28H26N6O2/c1-3-7-25(35)33-15-6-8-22(18-33)27-32-26(23-17-29-16-19(2)34(23)27)20-10-12-21(13-11-20)28(36)31-24-9-4-5-14-30-24/h4-5,9-14,16-17,22H,6,8,15,18H2,1-2H3,(H,30,31,36). The fourth-order valence-electron chi connectivity index (χ4n) is 4.66. The molecule has 8 heteroatoms. The van der Waals surface area contributed by atoms with E-state index in [4.69, 9.17) is 4.98 Å². The van der Waals surface area contributed by atoms with Crippen LogP contribution in [0.1, 0.15) is 47.6 Å². The first kappa shape index (κ1) is 23.2. The van der Waals surface area contributed by atoms with E-state index in [0.29, 0.717) is 24.5 Å². The Bertz CT molecular complexity index is 1480. The van der Waals surface area contributed by atoms with Crippen LogP contribution >= 0.6 is 0 Å². The number of carbonyl (C=O) groups is 2. The van der Waals surface area contributed by atoms with Crippen LogP contribution in [0.5, 0.6) is 0 Å². The Hall–Kier alpha value is -4.51. The van der Waals surface area contributed by atoms with Crippen molar-refractivity contribution in [2.45, 2.75) is 32.6 Å². The average molecular weight is 479 g/mol. The number of rotatable bonds is 4. The van der Waals surface area contributed by atoms with Crippen molar-refractivity contribution in [2.75, 3.05) is 18.4 Å². The molecule has 3 aromatic heterocycles. The molecule has 1 saturated heterocycles. The van der Waals surface area contributed by atoms with E-state index in [1.807, 2.05) is 42.4 Å². The monoisotopic (exact) mass is 478 g/mol. The van der Waals surface area contributed by atoms with E-state index in [0.717, 1.165) is 41.1 Å². The summed E-state index contributed by atoms with van der Waals surface area (Å²) in [5, 5.41) is 2.80. The highest BCUT2D eigenvalue weighted by Crippen LogP contribution is 2.33. The van der Waals surface area contributed by atoms with Gasteiger partial charge in [-0.2, -0.15) is 0 Å². The Labute approximate surface area is 209 Å². The summed E-state index contributed by atoms with van der Waals surface area (Å²) >= 11 is 0. The van der Waals surface area contributed by atoms with Gasteiger partial charge in [0.2, 0.25) is 0 Å². The van der Waals surface area contributed by atoms with Crippen LogP contribution in [0.3, 0.4) is 0 Å². The molecule has 1 aliphatic heterocycles. The highest BCUT2D eigenvalue weighted by molar-refractivity contribution is 6.04. The molecule has 1 aromatic carbocycles. The summed E-state index contributed by atoms with van der Waals surface area (Å²) in [6.07, 6.45) is 7.11. The molecule has 1 aliphatic rings. The SMILES string of the molecule is CC#CC(=O)N1CCCC(c2nc(-c3ccc(C(=O)Nc4ccccn4)cc3)c3cncc(C)n23)C1. The van der Waals surface area contributed by atoms with E-state index in [9.17, 15) is 9.59 Å². The van der Waals surface area contributed by atoms with Crippen molar-refractivity contribution in [2.24, 2.45) is 0 Å². The lowest BCUT2D eigenvalue weighted by molar-refractivity contribution is -0.126. The summed E-state index contributed by atoms with van der Waals surface area (Å²) in [6, 6.07) is 12.7. The van der Waals surface area contributed by atoms with Gasteiger partial charge in [0, 0.05) is 48.2 Å². The second-order valence-electron chi connectivity index (χ2n) is 8.80. The molecule has 1 atom stereocenters. The first-order valence-electron chi connectivity index (χ1n) is 11.9. The molecular weight excluding hydrogens is 452 g/mol. The van der Waals surface area contributed by atoms with Crippen LogP contribution in [0.15, 0.2) is 61.1 Å². The molecule has 180 valence electrons. The third kappa shape index (κ3) is 4.56. The van der Waals surface area contributed by atoms with Crippen LogP contribution in [0, 0.1) is 18.8 Å².